The SMILES string of the molecule is O=C(O)CCC(=O)O.O=Cc1ccccc1.O=Cc1ccccc1. The summed E-state index contributed by atoms with van der Waals surface area (Å²) in [4.78, 5) is 39.3. The molecule has 2 aromatic carbocycles. The van der Waals surface area contributed by atoms with E-state index < -0.39 is 11.9 Å². The molecule has 0 aliphatic carbocycles. The van der Waals surface area contributed by atoms with Crippen molar-refractivity contribution in [2.45, 2.75) is 12.8 Å². The fourth-order valence-electron chi connectivity index (χ4n) is 1.28. The Kier molecular flexibility index (Phi) is 11.6. The van der Waals surface area contributed by atoms with Crippen LogP contribution in [0, 0.1) is 0 Å². The molecule has 24 heavy (non-hydrogen) atoms. The lowest BCUT2D eigenvalue weighted by Gasteiger charge is -1.85. The van der Waals surface area contributed by atoms with Crippen LogP contribution >= 0.6 is 0 Å². The predicted molar refractivity (Wildman–Crippen MR) is 88.2 cm³/mol. The Hall–Kier alpha value is -3.28. The standard InChI is InChI=1S/2C7H6O.C4H6O4/c2*8-6-7-4-2-1-3-5-7;5-3(6)1-2-4(7)8/h2*1-6H;1-2H2,(H,5,6)(H,7,8). The number of carboxylic acids is 2. The molecule has 0 fully saturated rings. The van der Waals surface area contributed by atoms with Crippen LogP contribution in [0.4, 0.5) is 0 Å². The third-order valence-corrected chi connectivity index (χ3v) is 2.42. The average Bonchev–Trinajstić information content (AvgIpc) is 2.62. The maximum atomic E-state index is 10.0. The number of aldehydes is 2. The van der Waals surface area contributed by atoms with Crippen LogP contribution in [0.5, 0.6) is 0 Å². The minimum absolute atomic E-state index is 0.296. The molecule has 0 aromatic heterocycles. The summed E-state index contributed by atoms with van der Waals surface area (Å²) in [5.74, 6) is -2.15. The lowest BCUT2D eigenvalue weighted by Crippen LogP contribution is -2.00. The highest BCUT2D eigenvalue weighted by Gasteiger charge is 2.00. The molecular formula is C18H18O6. The number of aliphatic carboxylic acids is 2. The molecule has 6 heteroatoms. The molecule has 0 saturated carbocycles. The van der Waals surface area contributed by atoms with Crippen molar-refractivity contribution in [1.29, 1.82) is 0 Å². The van der Waals surface area contributed by atoms with Gasteiger partial charge in [0.15, 0.2) is 0 Å². The zero-order valence-electron chi connectivity index (χ0n) is 12.9. The van der Waals surface area contributed by atoms with Gasteiger partial charge in [0.2, 0.25) is 0 Å². The van der Waals surface area contributed by atoms with E-state index in [9.17, 15) is 19.2 Å². The summed E-state index contributed by atoms with van der Waals surface area (Å²) < 4.78 is 0. The van der Waals surface area contributed by atoms with Crippen molar-refractivity contribution in [1.82, 2.24) is 0 Å². The Bertz CT molecular complexity index is 565. The second kappa shape index (κ2) is 13.4. The Morgan fingerprint density at radius 2 is 0.958 bits per heavy atom. The maximum Gasteiger partial charge on any atom is 0.303 e. The fourth-order valence-corrected chi connectivity index (χ4v) is 1.28. The molecule has 0 atom stereocenters. The molecule has 2 aromatic rings. The van der Waals surface area contributed by atoms with Crippen molar-refractivity contribution in [2.24, 2.45) is 0 Å². The van der Waals surface area contributed by atoms with Crippen LogP contribution in [0.3, 0.4) is 0 Å². The molecule has 0 saturated heterocycles. The molecule has 0 spiro atoms. The topological polar surface area (TPSA) is 109 Å². The van der Waals surface area contributed by atoms with Crippen LogP contribution in [0.15, 0.2) is 60.7 Å². The molecule has 0 radical (unpaired) electrons. The largest absolute Gasteiger partial charge is 0.481 e. The summed E-state index contributed by atoms with van der Waals surface area (Å²) in [6, 6.07) is 18.2. The van der Waals surface area contributed by atoms with Gasteiger partial charge in [-0.05, 0) is 0 Å². The van der Waals surface area contributed by atoms with Gasteiger partial charge in [-0.2, -0.15) is 0 Å². The lowest BCUT2D eigenvalue weighted by atomic mass is 10.2. The van der Waals surface area contributed by atoms with Crippen LogP contribution in [0.2, 0.25) is 0 Å². The van der Waals surface area contributed by atoms with Crippen LogP contribution in [0.1, 0.15) is 33.6 Å². The summed E-state index contributed by atoms with van der Waals surface area (Å²) in [5, 5.41) is 15.8. The smallest absolute Gasteiger partial charge is 0.303 e. The summed E-state index contributed by atoms with van der Waals surface area (Å²) in [6.45, 7) is 0. The summed E-state index contributed by atoms with van der Waals surface area (Å²) >= 11 is 0. The molecule has 0 amide bonds. The average molecular weight is 330 g/mol. The van der Waals surface area contributed by atoms with E-state index >= 15 is 0 Å². The van der Waals surface area contributed by atoms with Crippen molar-refractivity contribution >= 4 is 24.5 Å². The first-order valence-electron chi connectivity index (χ1n) is 6.93. The Morgan fingerprint density at radius 3 is 1.12 bits per heavy atom. The maximum absolute atomic E-state index is 10.0. The van der Waals surface area contributed by atoms with Gasteiger partial charge in [-0.3, -0.25) is 19.2 Å². The minimum atomic E-state index is -1.08. The van der Waals surface area contributed by atoms with Crippen molar-refractivity contribution in [3.05, 3.63) is 71.8 Å². The highest BCUT2D eigenvalue weighted by Crippen LogP contribution is 1.92. The van der Waals surface area contributed by atoms with Gasteiger partial charge in [-0.25, -0.2) is 0 Å². The van der Waals surface area contributed by atoms with Gasteiger partial charge in [-0.1, -0.05) is 60.7 Å². The first kappa shape index (κ1) is 20.7. The molecule has 0 unspecified atom stereocenters. The third kappa shape index (κ3) is 12.5. The third-order valence-electron chi connectivity index (χ3n) is 2.42. The molecule has 2 rings (SSSR count). The Labute approximate surface area is 139 Å². The highest BCUT2D eigenvalue weighted by atomic mass is 16.4. The molecule has 126 valence electrons. The molecular weight excluding hydrogens is 312 g/mol. The molecule has 0 heterocycles. The normalized spacial score (nSPS) is 8.50. The number of hydrogen-bond donors (Lipinski definition) is 2. The predicted octanol–water partition coefficient (Wildman–Crippen LogP) is 2.93. The monoisotopic (exact) mass is 330 g/mol. The number of carbonyl (C=O) groups is 4. The van der Waals surface area contributed by atoms with Gasteiger partial charge in [0.05, 0.1) is 12.8 Å². The zero-order valence-corrected chi connectivity index (χ0v) is 12.9. The van der Waals surface area contributed by atoms with Gasteiger partial charge in [-0.15, -0.1) is 0 Å². The van der Waals surface area contributed by atoms with Crippen LogP contribution in [-0.4, -0.2) is 34.7 Å². The van der Waals surface area contributed by atoms with Crippen molar-refractivity contribution < 1.29 is 29.4 Å². The minimum Gasteiger partial charge on any atom is -0.481 e. The molecule has 6 nitrogen and oxygen atoms in total. The second-order valence-electron chi connectivity index (χ2n) is 4.34. The molecule has 0 bridgehead atoms. The fraction of sp³-hybridized carbons (Fsp3) is 0.111. The summed E-state index contributed by atoms with van der Waals surface area (Å²) in [6.07, 6.45) is 1.07. The number of benzene rings is 2. The second-order valence-corrected chi connectivity index (χ2v) is 4.34. The lowest BCUT2D eigenvalue weighted by molar-refractivity contribution is -0.143. The molecule has 2 N–H and O–H groups in total. The first-order chi connectivity index (χ1) is 11.5. The van der Waals surface area contributed by atoms with Gasteiger partial charge in [0.25, 0.3) is 0 Å². The number of rotatable bonds is 5. The van der Waals surface area contributed by atoms with Crippen LogP contribution in [0.25, 0.3) is 0 Å². The van der Waals surface area contributed by atoms with Gasteiger partial charge >= 0.3 is 11.9 Å². The number of hydrogen-bond acceptors (Lipinski definition) is 4. The van der Waals surface area contributed by atoms with E-state index in [0.29, 0.717) is 0 Å². The van der Waals surface area contributed by atoms with Crippen molar-refractivity contribution in [3.8, 4) is 0 Å². The number of carbonyl (C=O) groups excluding carboxylic acids is 2. The highest BCUT2D eigenvalue weighted by molar-refractivity contribution is 5.75. The molecule has 0 aliphatic heterocycles. The van der Waals surface area contributed by atoms with E-state index in [1.165, 1.54) is 0 Å². The van der Waals surface area contributed by atoms with Gasteiger partial charge in [0.1, 0.15) is 12.6 Å². The van der Waals surface area contributed by atoms with E-state index in [0.717, 1.165) is 23.7 Å². The quantitative estimate of drug-likeness (QED) is 0.816. The van der Waals surface area contributed by atoms with Crippen LogP contribution < -0.4 is 0 Å². The van der Waals surface area contributed by atoms with E-state index in [1.807, 2.05) is 36.4 Å². The summed E-state index contributed by atoms with van der Waals surface area (Å²) in [5.41, 5.74) is 1.46. The summed E-state index contributed by atoms with van der Waals surface area (Å²) in [7, 11) is 0. The van der Waals surface area contributed by atoms with Gasteiger partial charge < -0.3 is 10.2 Å². The van der Waals surface area contributed by atoms with Crippen molar-refractivity contribution in [2.75, 3.05) is 0 Å². The zero-order chi connectivity index (χ0) is 18.2. The van der Waals surface area contributed by atoms with Crippen molar-refractivity contribution in [3.63, 3.8) is 0 Å². The Morgan fingerprint density at radius 1 is 0.667 bits per heavy atom. The van der Waals surface area contributed by atoms with Crippen LogP contribution in [-0.2, 0) is 9.59 Å². The van der Waals surface area contributed by atoms with E-state index in [1.54, 1.807) is 24.3 Å². The van der Waals surface area contributed by atoms with Gasteiger partial charge in [0, 0.05) is 11.1 Å². The van der Waals surface area contributed by atoms with E-state index in [4.69, 9.17) is 10.2 Å². The first-order valence-corrected chi connectivity index (χ1v) is 6.93. The van der Waals surface area contributed by atoms with E-state index in [-0.39, 0.29) is 12.8 Å². The Balaban J connectivity index is 0.000000331. The number of carboxylic acid groups (broad SMARTS) is 2. The van der Waals surface area contributed by atoms with E-state index in [2.05, 4.69) is 0 Å². The molecule has 0 aliphatic rings.